The predicted octanol–water partition coefficient (Wildman–Crippen LogP) is 3.62. The molecule has 0 aliphatic carbocycles. The summed E-state index contributed by atoms with van der Waals surface area (Å²) in [4.78, 5) is 16.2. The zero-order valence-electron chi connectivity index (χ0n) is 13.1. The molecule has 1 amide bonds. The van der Waals surface area contributed by atoms with Crippen LogP contribution in [0.3, 0.4) is 0 Å². The van der Waals surface area contributed by atoms with E-state index in [1.54, 1.807) is 18.3 Å². The summed E-state index contributed by atoms with van der Waals surface area (Å²) >= 11 is 0. The summed E-state index contributed by atoms with van der Waals surface area (Å²) in [6, 6.07) is 11.9. The molecule has 0 radical (unpaired) electrons. The lowest BCUT2D eigenvalue weighted by Crippen LogP contribution is -2.24. The van der Waals surface area contributed by atoms with Gasteiger partial charge in [-0.2, -0.15) is 0 Å². The van der Waals surface area contributed by atoms with Crippen LogP contribution in [0, 0.1) is 6.92 Å². The zero-order chi connectivity index (χ0) is 15.5. The lowest BCUT2D eigenvalue weighted by atomic mass is 9.87. The summed E-state index contributed by atoms with van der Waals surface area (Å²) in [7, 11) is 0. The van der Waals surface area contributed by atoms with Crippen LogP contribution in [0.1, 0.15) is 48.0 Å². The smallest absolute Gasteiger partial charge is 0.253 e. The minimum atomic E-state index is -0.0829. The van der Waals surface area contributed by atoms with Crippen LogP contribution in [0.15, 0.2) is 42.6 Å². The summed E-state index contributed by atoms with van der Waals surface area (Å²) in [5.74, 6) is -0.0829. The second kappa shape index (κ2) is 6.08. The van der Waals surface area contributed by atoms with Crippen LogP contribution in [0.25, 0.3) is 0 Å². The van der Waals surface area contributed by atoms with E-state index in [0.29, 0.717) is 12.1 Å². The van der Waals surface area contributed by atoms with Crippen LogP contribution in [-0.4, -0.2) is 10.9 Å². The molecule has 1 aromatic heterocycles. The number of amides is 1. The first kappa shape index (κ1) is 15.2. The highest BCUT2D eigenvalue weighted by atomic mass is 16.1. The summed E-state index contributed by atoms with van der Waals surface area (Å²) in [6.45, 7) is 8.93. The van der Waals surface area contributed by atoms with E-state index in [-0.39, 0.29) is 11.3 Å². The van der Waals surface area contributed by atoms with E-state index in [1.165, 1.54) is 5.56 Å². The van der Waals surface area contributed by atoms with Crippen LogP contribution < -0.4 is 5.32 Å². The van der Waals surface area contributed by atoms with E-state index in [1.807, 2.05) is 6.92 Å². The molecule has 0 fully saturated rings. The molecule has 0 saturated heterocycles. The minimum Gasteiger partial charge on any atom is -0.348 e. The Morgan fingerprint density at radius 3 is 2.38 bits per heavy atom. The average Bonchev–Trinajstić information content (AvgIpc) is 2.45. The van der Waals surface area contributed by atoms with Gasteiger partial charge in [0.05, 0.1) is 5.56 Å². The monoisotopic (exact) mass is 282 g/mol. The summed E-state index contributed by atoms with van der Waals surface area (Å²) in [5.41, 5.74) is 3.91. The lowest BCUT2D eigenvalue weighted by Gasteiger charge is -2.19. The second-order valence-electron chi connectivity index (χ2n) is 6.27. The number of aromatic nitrogens is 1. The number of nitrogens with zero attached hydrogens (tertiary/aromatic N) is 1. The van der Waals surface area contributed by atoms with Gasteiger partial charge in [0, 0.05) is 18.4 Å². The molecule has 0 atom stereocenters. The van der Waals surface area contributed by atoms with Gasteiger partial charge in [-0.3, -0.25) is 9.78 Å². The Hall–Kier alpha value is -2.16. The van der Waals surface area contributed by atoms with Crippen molar-refractivity contribution in [1.29, 1.82) is 0 Å². The van der Waals surface area contributed by atoms with Gasteiger partial charge in [-0.05, 0) is 35.6 Å². The standard InChI is InChI=1S/C18H22N2O/c1-13-16(6-5-11-19-13)17(21)20-12-14-7-9-15(10-8-14)18(2,3)4/h5-11H,12H2,1-4H3,(H,20,21). The van der Waals surface area contributed by atoms with Crippen LogP contribution in [0.2, 0.25) is 0 Å². The van der Waals surface area contributed by atoms with Gasteiger partial charge in [0.1, 0.15) is 0 Å². The highest BCUT2D eigenvalue weighted by molar-refractivity contribution is 5.95. The Balaban J connectivity index is 2.00. The van der Waals surface area contributed by atoms with Crippen molar-refractivity contribution in [2.75, 3.05) is 0 Å². The molecule has 0 aliphatic heterocycles. The Bertz CT molecular complexity index is 624. The first-order valence-corrected chi connectivity index (χ1v) is 7.17. The number of benzene rings is 1. The summed E-state index contributed by atoms with van der Waals surface area (Å²) < 4.78 is 0. The lowest BCUT2D eigenvalue weighted by molar-refractivity contribution is 0.0950. The van der Waals surface area contributed by atoms with Crippen molar-refractivity contribution in [2.24, 2.45) is 0 Å². The normalized spacial score (nSPS) is 11.2. The Morgan fingerprint density at radius 2 is 1.81 bits per heavy atom. The highest BCUT2D eigenvalue weighted by Crippen LogP contribution is 2.22. The molecule has 0 unspecified atom stereocenters. The van der Waals surface area contributed by atoms with Crippen molar-refractivity contribution in [3.63, 3.8) is 0 Å². The molecule has 1 N–H and O–H groups in total. The number of hydrogen-bond donors (Lipinski definition) is 1. The molecule has 2 aromatic rings. The third-order valence-electron chi connectivity index (χ3n) is 3.52. The Labute approximate surface area is 126 Å². The van der Waals surface area contributed by atoms with Crippen molar-refractivity contribution in [2.45, 2.75) is 39.7 Å². The summed E-state index contributed by atoms with van der Waals surface area (Å²) in [5, 5.41) is 2.94. The average molecular weight is 282 g/mol. The fourth-order valence-corrected chi connectivity index (χ4v) is 2.12. The van der Waals surface area contributed by atoms with Gasteiger partial charge in [0.2, 0.25) is 0 Å². The number of carbonyl (C=O) groups is 1. The van der Waals surface area contributed by atoms with Crippen molar-refractivity contribution in [3.8, 4) is 0 Å². The molecule has 0 aliphatic rings. The maximum atomic E-state index is 12.1. The van der Waals surface area contributed by atoms with Gasteiger partial charge in [-0.25, -0.2) is 0 Å². The van der Waals surface area contributed by atoms with E-state index in [0.717, 1.165) is 11.3 Å². The molecule has 21 heavy (non-hydrogen) atoms. The first-order chi connectivity index (χ1) is 9.88. The van der Waals surface area contributed by atoms with Crippen molar-refractivity contribution in [3.05, 3.63) is 65.0 Å². The minimum absolute atomic E-state index is 0.0829. The van der Waals surface area contributed by atoms with Gasteiger partial charge < -0.3 is 5.32 Å². The topological polar surface area (TPSA) is 42.0 Å². The van der Waals surface area contributed by atoms with Gasteiger partial charge in [-0.1, -0.05) is 45.0 Å². The second-order valence-corrected chi connectivity index (χ2v) is 6.27. The fraction of sp³-hybridized carbons (Fsp3) is 0.333. The maximum Gasteiger partial charge on any atom is 0.253 e. The zero-order valence-corrected chi connectivity index (χ0v) is 13.1. The molecule has 3 nitrogen and oxygen atoms in total. The Morgan fingerprint density at radius 1 is 1.14 bits per heavy atom. The Kier molecular flexibility index (Phi) is 4.41. The fourth-order valence-electron chi connectivity index (χ4n) is 2.12. The highest BCUT2D eigenvalue weighted by Gasteiger charge is 2.13. The van der Waals surface area contributed by atoms with Crippen molar-refractivity contribution < 1.29 is 4.79 Å². The summed E-state index contributed by atoms with van der Waals surface area (Å²) in [6.07, 6.45) is 1.69. The van der Waals surface area contributed by atoms with Crippen molar-refractivity contribution in [1.82, 2.24) is 10.3 Å². The van der Waals surface area contributed by atoms with E-state index in [4.69, 9.17) is 0 Å². The molecule has 0 bridgehead atoms. The molecular formula is C18H22N2O. The van der Waals surface area contributed by atoms with Crippen LogP contribution in [0.5, 0.6) is 0 Å². The van der Waals surface area contributed by atoms with Crippen molar-refractivity contribution >= 4 is 5.91 Å². The van der Waals surface area contributed by atoms with Gasteiger partial charge in [0.15, 0.2) is 0 Å². The van der Waals surface area contributed by atoms with Crippen LogP contribution >= 0.6 is 0 Å². The third-order valence-corrected chi connectivity index (χ3v) is 3.52. The molecule has 2 rings (SSSR count). The molecule has 0 saturated carbocycles. The van der Waals surface area contributed by atoms with E-state index in [2.05, 4.69) is 55.3 Å². The molecule has 110 valence electrons. The van der Waals surface area contributed by atoms with Crippen LogP contribution in [-0.2, 0) is 12.0 Å². The first-order valence-electron chi connectivity index (χ1n) is 7.17. The molecular weight excluding hydrogens is 260 g/mol. The molecule has 1 heterocycles. The predicted molar refractivity (Wildman–Crippen MR) is 85.3 cm³/mol. The molecule has 3 heteroatoms. The van der Waals surface area contributed by atoms with Gasteiger partial charge in [0.25, 0.3) is 5.91 Å². The number of aryl methyl sites for hydroxylation is 1. The number of pyridine rings is 1. The number of carbonyl (C=O) groups excluding carboxylic acids is 1. The molecule has 0 spiro atoms. The largest absolute Gasteiger partial charge is 0.348 e. The van der Waals surface area contributed by atoms with Crippen LogP contribution in [0.4, 0.5) is 0 Å². The number of rotatable bonds is 3. The van der Waals surface area contributed by atoms with Gasteiger partial charge >= 0.3 is 0 Å². The molecule has 1 aromatic carbocycles. The third kappa shape index (κ3) is 3.91. The van der Waals surface area contributed by atoms with E-state index >= 15 is 0 Å². The SMILES string of the molecule is Cc1ncccc1C(=O)NCc1ccc(C(C)(C)C)cc1. The quantitative estimate of drug-likeness (QED) is 0.934. The number of nitrogens with one attached hydrogen (secondary N) is 1. The van der Waals surface area contributed by atoms with Gasteiger partial charge in [-0.15, -0.1) is 0 Å². The van der Waals surface area contributed by atoms with E-state index in [9.17, 15) is 4.79 Å². The van der Waals surface area contributed by atoms with E-state index < -0.39 is 0 Å². The maximum absolute atomic E-state index is 12.1. The number of hydrogen-bond acceptors (Lipinski definition) is 2.